The molecule has 72 valence electrons. The fourth-order valence-corrected chi connectivity index (χ4v) is 1.28. The van der Waals surface area contributed by atoms with Crippen LogP contribution < -0.4 is 11.0 Å². The zero-order valence-corrected chi connectivity index (χ0v) is 7.32. The molecule has 3 N–H and O–H groups in total. The topological polar surface area (TPSA) is 78.0 Å². The largest absolute Gasteiger partial charge is 0.319 e. The second-order valence-corrected chi connectivity index (χ2v) is 2.93. The number of fused-ring (bicyclic) bond motifs is 1. The van der Waals surface area contributed by atoms with Gasteiger partial charge in [-0.25, -0.2) is 10.5 Å². The second kappa shape index (κ2) is 3.57. The fraction of sp³-hybridized carbons (Fsp3) is 0.111. The van der Waals surface area contributed by atoms with E-state index < -0.39 is 0 Å². The minimum absolute atomic E-state index is 0.217. The first-order valence-electron chi connectivity index (χ1n) is 4.14. The van der Waals surface area contributed by atoms with E-state index in [-0.39, 0.29) is 5.56 Å². The average molecular weight is 191 g/mol. The SMILES string of the molecule is O=c1cnc2cc(CNO)ccc2[nH]1. The minimum atomic E-state index is -0.217. The van der Waals surface area contributed by atoms with E-state index in [4.69, 9.17) is 5.21 Å². The maximum atomic E-state index is 10.9. The van der Waals surface area contributed by atoms with E-state index in [0.717, 1.165) is 5.56 Å². The first-order chi connectivity index (χ1) is 6.79. The molecule has 14 heavy (non-hydrogen) atoms. The van der Waals surface area contributed by atoms with Gasteiger partial charge in [0.15, 0.2) is 0 Å². The average Bonchev–Trinajstić information content (AvgIpc) is 2.19. The lowest BCUT2D eigenvalue weighted by Gasteiger charge is -2.00. The van der Waals surface area contributed by atoms with Crippen molar-refractivity contribution >= 4 is 11.0 Å². The van der Waals surface area contributed by atoms with E-state index in [1.54, 1.807) is 12.1 Å². The van der Waals surface area contributed by atoms with E-state index in [2.05, 4.69) is 15.4 Å². The second-order valence-electron chi connectivity index (χ2n) is 2.93. The molecule has 0 aliphatic heterocycles. The fourth-order valence-electron chi connectivity index (χ4n) is 1.28. The zero-order valence-electron chi connectivity index (χ0n) is 7.32. The predicted molar refractivity (Wildman–Crippen MR) is 51.0 cm³/mol. The summed E-state index contributed by atoms with van der Waals surface area (Å²) in [5.74, 6) is 0. The Kier molecular flexibility index (Phi) is 2.26. The number of hydrogen-bond donors (Lipinski definition) is 3. The van der Waals surface area contributed by atoms with Crippen LogP contribution in [0, 0.1) is 0 Å². The van der Waals surface area contributed by atoms with Gasteiger partial charge in [0.05, 0.1) is 17.2 Å². The standard InChI is InChI=1S/C9H9N3O2/c13-9-5-10-8-3-6(4-11-14)1-2-7(8)12-9/h1-3,5,11,14H,4H2,(H,12,13). The molecule has 0 amide bonds. The number of aromatic nitrogens is 2. The lowest BCUT2D eigenvalue weighted by molar-refractivity contribution is 0.161. The van der Waals surface area contributed by atoms with Crippen molar-refractivity contribution in [1.29, 1.82) is 0 Å². The van der Waals surface area contributed by atoms with Gasteiger partial charge in [0.1, 0.15) is 0 Å². The van der Waals surface area contributed by atoms with Gasteiger partial charge in [-0.05, 0) is 17.7 Å². The highest BCUT2D eigenvalue weighted by atomic mass is 16.5. The van der Waals surface area contributed by atoms with Gasteiger partial charge in [0.2, 0.25) is 0 Å². The van der Waals surface area contributed by atoms with E-state index in [0.29, 0.717) is 17.6 Å². The molecule has 0 unspecified atom stereocenters. The maximum absolute atomic E-state index is 10.9. The summed E-state index contributed by atoms with van der Waals surface area (Å²) in [7, 11) is 0. The van der Waals surface area contributed by atoms with Gasteiger partial charge in [-0.3, -0.25) is 4.79 Å². The molecule has 0 saturated carbocycles. The highest BCUT2D eigenvalue weighted by molar-refractivity contribution is 5.74. The monoisotopic (exact) mass is 191 g/mol. The summed E-state index contributed by atoms with van der Waals surface area (Å²) < 4.78 is 0. The zero-order chi connectivity index (χ0) is 9.97. The lowest BCUT2D eigenvalue weighted by atomic mass is 10.2. The Morgan fingerprint density at radius 1 is 1.50 bits per heavy atom. The van der Waals surface area contributed by atoms with Crippen LogP contribution in [0.5, 0.6) is 0 Å². The van der Waals surface area contributed by atoms with Gasteiger partial charge in [-0.15, -0.1) is 0 Å². The van der Waals surface area contributed by atoms with Crippen LogP contribution in [-0.2, 0) is 6.54 Å². The van der Waals surface area contributed by atoms with Crippen molar-refractivity contribution in [3.05, 3.63) is 40.3 Å². The molecule has 0 fully saturated rings. The first kappa shape index (κ1) is 8.86. The Labute approximate surface area is 79.4 Å². The summed E-state index contributed by atoms with van der Waals surface area (Å²) >= 11 is 0. The van der Waals surface area contributed by atoms with E-state index in [1.165, 1.54) is 6.20 Å². The number of hydrogen-bond acceptors (Lipinski definition) is 4. The summed E-state index contributed by atoms with van der Waals surface area (Å²) in [6.45, 7) is 0.358. The molecule has 0 saturated heterocycles. The molecular weight excluding hydrogens is 182 g/mol. The Bertz CT molecular complexity index is 507. The summed E-state index contributed by atoms with van der Waals surface area (Å²) in [5.41, 5.74) is 4.15. The highest BCUT2D eigenvalue weighted by Gasteiger charge is 1.97. The van der Waals surface area contributed by atoms with Crippen molar-refractivity contribution in [1.82, 2.24) is 15.4 Å². The third-order valence-corrected chi connectivity index (χ3v) is 1.92. The minimum Gasteiger partial charge on any atom is -0.319 e. The van der Waals surface area contributed by atoms with Gasteiger partial charge >= 0.3 is 0 Å². The Balaban J connectivity index is 2.56. The molecule has 1 aromatic heterocycles. The molecular formula is C9H9N3O2. The molecule has 1 heterocycles. The van der Waals surface area contributed by atoms with Crippen molar-refractivity contribution in [2.75, 3.05) is 0 Å². The lowest BCUT2D eigenvalue weighted by Crippen LogP contribution is -2.08. The number of rotatable bonds is 2. The van der Waals surface area contributed by atoms with Crippen LogP contribution >= 0.6 is 0 Å². The Morgan fingerprint density at radius 2 is 2.36 bits per heavy atom. The van der Waals surface area contributed by atoms with Crippen molar-refractivity contribution < 1.29 is 5.21 Å². The summed E-state index contributed by atoms with van der Waals surface area (Å²) in [6.07, 6.45) is 1.23. The van der Waals surface area contributed by atoms with Crippen molar-refractivity contribution in [3.8, 4) is 0 Å². The van der Waals surface area contributed by atoms with Crippen LogP contribution in [0.1, 0.15) is 5.56 Å². The van der Waals surface area contributed by atoms with E-state index in [1.807, 2.05) is 6.07 Å². The summed E-state index contributed by atoms with van der Waals surface area (Å²) in [6, 6.07) is 5.37. The highest BCUT2D eigenvalue weighted by Crippen LogP contribution is 2.09. The van der Waals surface area contributed by atoms with Crippen LogP contribution in [0.4, 0.5) is 0 Å². The van der Waals surface area contributed by atoms with Crippen LogP contribution in [0.15, 0.2) is 29.2 Å². The Morgan fingerprint density at radius 3 is 3.14 bits per heavy atom. The maximum Gasteiger partial charge on any atom is 0.266 e. The predicted octanol–water partition coefficient (Wildman–Crippen LogP) is 0.402. The summed E-state index contributed by atoms with van der Waals surface area (Å²) in [5, 5.41) is 8.51. The van der Waals surface area contributed by atoms with Gasteiger partial charge in [-0.1, -0.05) is 6.07 Å². The molecule has 2 rings (SSSR count). The van der Waals surface area contributed by atoms with Gasteiger partial charge < -0.3 is 10.2 Å². The quantitative estimate of drug-likeness (QED) is 0.600. The number of benzene rings is 1. The molecule has 0 radical (unpaired) electrons. The number of hydroxylamine groups is 1. The number of H-pyrrole nitrogens is 1. The molecule has 5 heteroatoms. The van der Waals surface area contributed by atoms with Crippen molar-refractivity contribution in [2.24, 2.45) is 0 Å². The van der Waals surface area contributed by atoms with Crippen LogP contribution in [-0.4, -0.2) is 15.2 Å². The number of nitrogens with zero attached hydrogens (tertiary/aromatic N) is 1. The Hall–Kier alpha value is -1.72. The molecule has 2 aromatic rings. The van der Waals surface area contributed by atoms with Gasteiger partial charge in [0, 0.05) is 6.54 Å². The van der Waals surface area contributed by atoms with Crippen molar-refractivity contribution in [2.45, 2.75) is 6.54 Å². The number of nitrogens with one attached hydrogen (secondary N) is 2. The molecule has 0 atom stereocenters. The third kappa shape index (κ3) is 1.63. The van der Waals surface area contributed by atoms with E-state index in [9.17, 15) is 4.79 Å². The summed E-state index contributed by atoms with van der Waals surface area (Å²) in [4.78, 5) is 17.6. The smallest absolute Gasteiger partial charge is 0.266 e. The first-order valence-corrected chi connectivity index (χ1v) is 4.14. The van der Waals surface area contributed by atoms with Crippen LogP contribution in [0.2, 0.25) is 0 Å². The third-order valence-electron chi connectivity index (χ3n) is 1.92. The van der Waals surface area contributed by atoms with Gasteiger partial charge in [-0.2, -0.15) is 0 Å². The number of aromatic amines is 1. The van der Waals surface area contributed by atoms with Crippen LogP contribution in [0.25, 0.3) is 11.0 Å². The molecule has 0 aliphatic rings. The molecule has 1 aromatic carbocycles. The van der Waals surface area contributed by atoms with E-state index >= 15 is 0 Å². The molecule has 5 nitrogen and oxygen atoms in total. The normalized spacial score (nSPS) is 10.6. The molecule has 0 aliphatic carbocycles. The van der Waals surface area contributed by atoms with Gasteiger partial charge in [0.25, 0.3) is 5.56 Å². The van der Waals surface area contributed by atoms with Crippen LogP contribution in [0.3, 0.4) is 0 Å². The molecule has 0 spiro atoms. The molecule has 0 bridgehead atoms. The van der Waals surface area contributed by atoms with Crippen molar-refractivity contribution in [3.63, 3.8) is 0 Å².